The second-order valence-corrected chi connectivity index (χ2v) is 2.12. The smallest absolute Gasteiger partial charge is 0.427 e. The molecule has 0 saturated heterocycles. The Kier molecular flexibility index (Phi) is 6.68. The molecule has 0 bridgehead atoms. The number of carbonyl (C=O) groups is 1. The van der Waals surface area contributed by atoms with Crippen molar-refractivity contribution in [1.82, 2.24) is 5.43 Å². The summed E-state index contributed by atoms with van der Waals surface area (Å²) in [6, 6.07) is 0. The Labute approximate surface area is 78.1 Å². The third-order valence-corrected chi connectivity index (χ3v) is 1.16. The third-order valence-electron chi connectivity index (χ3n) is 1.16. The molecule has 0 aliphatic carbocycles. The average Bonchev–Trinajstić information content (AvgIpc) is 2.12. The number of amides is 1. The lowest BCUT2D eigenvalue weighted by molar-refractivity contribution is 0.152. The molecule has 0 unspecified atom stereocenters. The van der Waals surface area contributed by atoms with E-state index in [1.165, 1.54) is 0 Å². The Morgan fingerprint density at radius 3 is 2.31 bits per heavy atom. The molecule has 0 spiro atoms. The van der Waals surface area contributed by atoms with Crippen LogP contribution in [0.1, 0.15) is 27.2 Å². The fourth-order valence-corrected chi connectivity index (χ4v) is 0.651. The molecule has 0 atom stereocenters. The van der Waals surface area contributed by atoms with Crippen LogP contribution in [0.25, 0.3) is 0 Å². The molecule has 0 aromatic heterocycles. The van der Waals surface area contributed by atoms with Crippen LogP contribution in [0.4, 0.5) is 4.79 Å². The summed E-state index contributed by atoms with van der Waals surface area (Å²) in [4.78, 5) is 10.8. The summed E-state index contributed by atoms with van der Waals surface area (Å²) in [5.41, 5.74) is 2.22. The molecule has 0 rings (SSSR count). The van der Waals surface area contributed by atoms with E-state index in [1.807, 2.05) is 13.8 Å². The average molecular weight is 188 g/mol. The number of hydrazone groups is 1. The van der Waals surface area contributed by atoms with Gasteiger partial charge in [-0.2, -0.15) is 0 Å². The van der Waals surface area contributed by atoms with Gasteiger partial charge in [-0.3, -0.25) is 0 Å². The molecule has 76 valence electrons. The van der Waals surface area contributed by atoms with Crippen molar-refractivity contribution >= 4 is 12.0 Å². The molecule has 0 aliphatic rings. The zero-order chi connectivity index (χ0) is 10.1. The predicted molar refractivity (Wildman–Crippen MR) is 49.5 cm³/mol. The molecule has 1 N–H and O–H groups in total. The van der Waals surface area contributed by atoms with Crippen LogP contribution < -0.4 is 5.43 Å². The number of hydrogen-bond donors (Lipinski definition) is 1. The molecule has 0 aliphatic heterocycles. The lowest BCUT2D eigenvalue weighted by Gasteiger charge is -2.04. The summed E-state index contributed by atoms with van der Waals surface area (Å²) < 4.78 is 9.70. The molecule has 0 radical (unpaired) electrons. The van der Waals surface area contributed by atoms with Crippen molar-refractivity contribution in [2.75, 3.05) is 13.2 Å². The number of carbonyl (C=O) groups excluding carboxylic acids is 1. The molecule has 0 aromatic rings. The van der Waals surface area contributed by atoms with Crippen LogP contribution in [0.3, 0.4) is 0 Å². The van der Waals surface area contributed by atoms with E-state index < -0.39 is 6.09 Å². The topological polar surface area (TPSA) is 59.9 Å². The Bertz CT molecular complexity index is 180. The minimum absolute atomic E-state index is 0.331. The van der Waals surface area contributed by atoms with Crippen molar-refractivity contribution < 1.29 is 14.3 Å². The number of hydrogen-bond acceptors (Lipinski definition) is 4. The highest BCUT2D eigenvalue weighted by molar-refractivity contribution is 5.77. The van der Waals surface area contributed by atoms with Gasteiger partial charge in [-0.05, 0) is 13.8 Å². The number of nitrogens with zero attached hydrogens (tertiary/aromatic N) is 1. The van der Waals surface area contributed by atoms with E-state index in [2.05, 4.69) is 15.3 Å². The van der Waals surface area contributed by atoms with Crippen molar-refractivity contribution in [3.8, 4) is 0 Å². The highest BCUT2D eigenvalue weighted by Crippen LogP contribution is 1.87. The van der Waals surface area contributed by atoms with Gasteiger partial charge in [0.15, 0.2) is 0 Å². The second kappa shape index (κ2) is 7.39. The van der Waals surface area contributed by atoms with Gasteiger partial charge in [0.2, 0.25) is 5.90 Å². The number of ether oxygens (including phenoxy) is 2. The van der Waals surface area contributed by atoms with E-state index in [4.69, 9.17) is 4.74 Å². The van der Waals surface area contributed by atoms with Crippen LogP contribution in [-0.2, 0) is 9.47 Å². The van der Waals surface area contributed by atoms with Crippen molar-refractivity contribution in [2.24, 2.45) is 5.10 Å². The van der Waals surface area contributed by atoms with Crippen LogP contribution in [0, 0.1) is 0 Å². The summed E-state index contributed by atoms with van der Waals surface area (Å²) >= 11 is 0. The maximum Gasteiger partial charge on any atom is 0.427 e. The highest BCUT2D eigenvalue weighted by Gasteiger charge is 1.99. The summed E-state index contributed by atoms with van der Waals surface area (Å²) in [5.74, 6) is 0.496. The van der Waals surface area contributed by atoms with Crippen LogP contribution in [0.5, 0.6) is 0 Å². The van der Waals surface area contributed by atoms with Crippen LogP contribution in [-0.4, -0.2) is 25.2 Å². The van der Waals surface area contributed by atoms with E-state index in [0.717, 1.165) is 0 Å². The summed E-state index contributed by atoms with van der Waals surface area (Å²) in [6.45, 7) is 6.35. The summed E-state index contributed by atoms with van der Waals surface area (Å²) in [6.07, 6.45) is 0.0772. The van der Waals surface area contributed by atoms with Gasteiger partial charge >= 0.3 is 6.09 Å². The fourth-order valence-electron chi connectivity index (χ4n) is 0.651. The van der Waals surface area contributed by atoms with Crippen LogP contribution in [0.2, 0.25) is 0 Å². The molecule has 0 saturated carbocycles. The Morgan fingerprint density at radius 1 is 1.23 bits per heavy atom. The van der Waals surface area contributed by atoms with Gasteiger partial charge in [0, 0.05) is 6.42 Å². The molecule has 0 fully saturated rings. The normalized spacial score (nSPS) is 10.8. The highest BCUT2D eigenvalue weighted by atomic mass is 16.6. The first kappa shape index (κ1) is 11.7. The van der Waals surface area contributed by atoms with Crippen molar-refractivity contribution in [2.45, 2.75) is 27.2 Å². The molecular formula is C8H16N2O3. The predicted octanol–water partition coefficient (Wildman–Crippen LogP) is 1.49. The molecule has 13 heavy (non-hydrogen) atoms. The lowest BCUT2D eigenvalue weighted by atomic mass is 10.5. The minimum Gasteiger partial charge on any atom is -0.480 e. The van der Waals surface area contributed by atoms with Crippen molar-refractivity contribution in [3.05, 3.63) is 0 Å². The van der Waals surface area contributed by atoms with E-state index in [-0.39, 0.29) is 0 Å². The molecular weight excluding hydrogens is 172 g/mol. The van der Waals surface area contributed by atoms with Crippen molar-refractivity contribution in [1.29, 1.82) is 0 Å². The largest absolute Gasteiger partial charge is 0.480 e. The van der Waals surface area contributed by atoms with Crippen molar-refractivity contribution in [3.63, 3.8) is 0 Å². The van der Waals surface area contributed by atoms with Crippen LogP contribution >= 0.6 is 0 Å². The quantitative estimate of drug-likeness (QED) is 0.413. The van der Waals surface area contributed by atoms with E-state index in [9.17, 15) is 4.79 Å². The van der Waals surface area contributed by atoms with E-state index in [0.29, 0.717) is 25.5 Å². The summed E-state index contributed by atoms with van der Waals surface area (Å²) in [5, 5.41) is 3.72. The lowest BCUT2D eigenvalue weighted by Crippen LogP contribution is -2.21. The minimum atomic E-state index is -0.562. The molecule has 0 heterocycles. The Hall–Kier alpha value is -1.26. The maximum atomic E-state index is 10.8. The maximum absolute atomic E-state index is 10.8. The van der Waals surface area contributed by atoms with Gasteiger partial charge in [-0.1, -0.05) is 6.92 Å². The Balaban J connectivity index is 3.83. The van der Waals surface area contributed by atoms with Gasteiger partial charge < -0.3 is 9.47 Å². The zero-order valence-corrected chi connectivity index (χ0v) is 8.29. The molecule has 5 heteroatoms. The van der Waals surface area contributed by atoms with Gasteiger partial charge in [0.1, 0.15) is 0 Å². The molecule has 1 amide bonds. The Morgan fingerprint density at radius 2 is 1.85 bits per heavy atom. The summed E-state index contributed by atoms with van der Waals surface area (Å²) in [7, 11) is 0. The monoisotopic (exact) mass is 188 g/mol. The third kappa shape index (κ3) is 5.95. The van der Waals surface area contributed by atoms with E-state index in [1.54, 1.807) is 6.92 Å². The standard InChI is InChI=1S/C8H16N2O3/c1-4-7(12-5-2)9-10-8(11)13-6-3/h4-6H2,1-3H3,(H,10,11)/b9-7+. The molecule has 0 aromatic carbocycles. The van der Waals surface area contributed by atoms with Gasteiger partial charge in [0.05, 0.1) is 13.2 Å². The zero-order valence-electron chi connectivity index (χ0n) is 8.29. The SMILES string of the molecule is CCOC(=O)N/N=C(\CC)OCC. The van der Waals surface area contributed by atoms with E-state index >= 15 is 0 Å². The van der Waals surface area contributed by atoms with Crippen LogP contribution in [0.15, 0.2) is 5.10 Å². The fraction of sp³-hybridized carbons (Fsp3) is 0.750. The van der Waals surface area contributed by atoms with Gasteiger partial charge in [-0.15, -0.1) is 5.10 Å². The first-order valence-electron chi connectivity index (χ1n) is 4.36. The number of rotatable bonds is 4. The first-order chi connectivity index (χ1) is 6.24. The second-order valence-electron chi connectivity index (χ2n) is 2.12. The first-order valence-corrected chi connectivity index (χ1v) is 4.36. The number of nitrogens with one attached hydrogen (secondary N) is 1. The molecule has 5 nitrogen and oxygen atoms in total. The van der Waals surface area contributed by atoms with Gasteiger partial charge in [-0.25, -0.2) is 10.2 Å². The van der Waals surface area contributed by atoms with Gasteiger partial charge in [0.25, 0.3) is 0 Å².